The van der Waals surface area contributed by atoms with Crippen molar-refractivity contribution < 1.29 is 32.3 Å². The predicted octanol–water partition coefficient (Wildman–Crippen LogP) is 2.75. The quantitative estimate of drug-likeness (QED) is 0.565. The van der Waals surface area contributed by atoms with Crippen LogP contribution in [0.15, 0.2) is 41.3 Å². The molecule has 1 amide bonds. The van der Waals surface area contributed by atoms with Gasteiger partial charge in [-0.25, -0.2) is 23.7 Å². The summed E-state index contributed by atoms with van der Waals surface area (Å²) >= 11 is 0. The molecule has 1 aliphatic rings. The molecule has 0 aliphatic carbocycles. The number of hydrogen-bond acceptors (Lipinski definition) is 5. The summed E-state index contributed by atoms with van der Waals surface area (Å²) in [6.07, 6.45) is -3.02. The van der Waals surface area contributed by atoms with Crippen LogP contribution in [0.5, 0.6) is 0 Å². The van der Waals surface area contributed by atoms with Crippen molar-refractivity contribution in [3.8, 4) is 5.82 Å². The Kier molecular flexibility index (Phi) is 5.73. The number of hydrogen-bond donors (Lipinski definition) is 2. The second-order valence-electron chi connectivity index (χ2n) is 6.38. The second-order valence-corrected chi connectivity index (χ2v) is 6.38. The summed E-state index contributed by atoms with van der Waals surface area (Å²) in [6, 6.07) is 6.67. The molecule has 3 heterocycles. The Balaban J connectivity index is 0.000000339. The molecule has 8 nitrogen and oxygen atoms in total. The topological polar surface area (TPSA) is 114 Å². The number of carbonyl (C=O) groups is 2. The maximum atomic E-state index is 13.6. The number of alkyl halides is 3. The van der Waals surface area contributed by atoms with E-state index in [2.05, 4.69) is 15.3 Å². The zero-order chi connectivity index (χ0) is 22.9. The molecule has 1 atom stereocenters. The largest absolute Gasteiger partial charge is 0.490 e. The summed E-state index contributed by atoms with van der Waals surface area (Å²) in [5.74, 6) is -2.98. The first-order valence-corrected chi connectivity index (χ1v) is 8.83. The SMILES string of the molecule is CCC1NC(=O)c2cccnc2-n2c1nc1ccc(F)cc1c2=O.O=C(O)C(F)(F)F. The van der Waals surface area contributed by atoms with Crippen molar-refractivity contribution >= 4 is 22.8 Å². The van der Waals surface area contributed by atoms with E-state index in [9.17, 15) is 27.2 Å². The zero-order valence-electron chi connectivity index (χ0n) is 15.8. The molecular weight excluding hydrogens is 424 g/mol. The van der Waals surface area contributed by atoms with Crippen molar-refractivity contribution in [3.05, 3.63) is 64.1 Å². The molecule has 0 saturated heterocycles. The molecule has 2 aromatic heterocycles. The van der Waals surface area contributed by atoms with Gasteiger partial charge in [-0.3, -0.25) is 9.59 Å². The van der Waals surface area contributed by atoms with Gasteiger partial charge < -0.3 is 10.4 Å². The highest BCUT2D eigenvalue weighted by Crippen LogP contribution is 2.25. The molecule has 0 bridgehead atoms. The lowest BCUT2D eigenvalue weighted by molar-refractivity contribution is -0.192. The highest BCUT2D eigenvalue weighted by molar-refractivity contribution is 5.98. The molecule has 12 heteroatoms. The molecule has 2 N–H and O–H groups in total. The summed E-state index contributed by atoms with van der Waals surface area (Å²) in [5, 5.41) is 10.1. The number of amides is 1. The highest BCUT2D eigenvalue weighted by atomic mass is 19.4. The van der Waals surface area contributed by atoms with Crippen molar-refractivity contribution in [3.63, 3.8) is 0 Å². The maximum Gasteiger partial charge on any atom is 0.490 e. The minimum atomic E-state index is -5.08. The molecule has 162 valence electrons. The molecule has 0 radical (unpaired) electrons. The first-order valence-electron chi connectivity index (χ1n) is 8.83. The van der Waals surface area contributed by atoms with E-state index < -0.39 is 29.6 Å². The number of carboxylic acid groups (broad SMARTS) is 1. The Morgan fingerprint density at radius 1 is 1.26 bits per heavy atom. The lowest BCUT2D eigenvalue weighted by Gasteiger charge is -2.17. The number of nitrogens with one attached hydrogen (secondary N) is 1. The molecule has 0 fully saturated rings. The van der Waals surface area contributed by atoms with Gasteiger partial charge in [0.1, 0.15) is 11.6 Å². The van der Waals surface area contributed by atoms with Crippen molar-refractivity contribution in [1.82, 2.24) is 19.9 Å². The Morgan fingerprint density at radius 3 is 2.55 bits per heavy atom. The van der Waals surface area contributed by atoms with Crippen LogP contribution in [-0.4, -0.2) is 37.7 Å². The summed E-state index contributed by atoms with van der Waals surface area (Å²) in [7, 11) is 0. The minimum absolute atomic E-state index is 0.152. The van der Waals surface area contributed by atoms with E-state index in [0.717, 1.165) is 6.07 Å². The molecule has 1 aromatic carbocycles. The highest BCUT2D eigenvalue weighted by Gasteiger charge is 2.38. The van der Waals surface area contributed by atoms with Gasteiger partial charge in [0.25, 0.3) is 11.5 Å². The first kappa shape index (κ1) is 21.9. The van der Waals surface area contributed by atoms with Crippen LogP contribution in [0, 0.1) is 5.82 Å². The third-order valence-electron chi connectivity index (χ3n) is 4.37. The number of aromatic nitrogens is 3. The summed E-state index contributed by atoms with van der Waals surface area (Å²) in [6.45, 7) is 1.89. The van der Waals surface area contributed by atoms with Crippen LogP contribution < -0.4 is 10.9 Å². The Hall–Kier alpha value is -3.83. The fraction of sp³-hybridized carbons (Fsp3) is 0.211. The van der Waals surface area contributed by atoms with Crippen LogP contribution in [0.1, 0.15) is 35.6 Å². The minimum Gasteiger partial charge on any atom is -0.475 e. The van der Waals surface area contributed by atoms with Crippen LogP contribution in [0.3, 0.4) is 0 Å². The van der Waals surface area contributed by atoms with Crippen molar-refractivity contribution in [2.24, 2.45) is 0 Å². The number of rotatable bonds is 1. The molecule has 0 spiro atoms. The van der Waals surface area contributed by atoms with E-state index in [-0.39, 0.29) is 22.7 Å². The number of halogens is 4. The van der Waals surface area contributed by atoms with Gasteiger partial charge in [-0.1, -0.05) is 6.92 Å². The molecule has 31 heavy (non-hydrogen) atoms. The fourth-order valence-electron chi connectivity index (χ4n) is 2.95. The molecule has 4 rings (SSSR count). The van der Waals surface area contributed by atoms with Crippen molar-refractivity contribution in [1.29, 1.82) is 0 Å². The molecule has 0 saturated carbocycles. The number of benzene rings is 1. The zero-order valence-corrected chi connectivity index (χ0v) is 15.8. The number of carbonyl (C=O) groups excluding carboxylic acids is 1. The Bertz CT molecular complexity index is 1240. The lowest BCUT2D eigenvalue weighted by atomic mass is 10.1. The lowest BCUT2D eigenvalue weighted by Crippen LogP contribution is -2.30. The van der Waals surface area contributed by atoms with Crippen molar-refractivity contribution in [2.75, 3.05) is 0 Å². The van der Waals surface area contributed by atoms with Crippen molar-refractivity contribution in [2.45, 2.75) is 25.6 Å². The number of fused-ring (bicyclic) bond motifs is 4. The standard InChI is InChI=1S/C17H13FN4O2.C2HF3O2/c1-2-12-15-20-13-6-5-9(18)8-11(13)17(24)22(15)14-10(16(23)21-12)4-3-7-19-14;3-2(4,5)1(6)7/h3-8,12H,2H2,1H3,(H,21,23);(H,6,7). The molecule has 3 aromatic rings. The van der Waals surface area contributed by atoms with Crippen LogP contribution in [-0.2, 0) is 4.79 Å². The number of nitrogens with zero attached hydrogens (tertiary/aromatic N) is 3. The summed E-state index contributed by atoms with van der Waals surface area (Å²) in [4.78, 5) is 43.0. The van der Waals surface area contributed by atoms with Gasteiger partial charge in [0.15, 0.2) is 5.82 Å². The normalized spacial score (nSPS) is 15.1. The third kappa shape index (κ3) is 4.22. The van der Waals surface area contributed by atoms with Gasteiger partial charge >= 0.3 is 12.1 Å². The van der Waals surface area contributed by atoms with E-state index >= 15 is 0 Å². The van der Waals surface area contributed by atoms with E-state index in [1.54, 1.807) is 12.1 Å². The van der Waals surface area contributed by atoms with Gasteiger partial charge in [-0.2, -0.15) is 13.2 Å². The van der Waals surface area contributed by atoms with Crippen LogP contribution in [0.2, 0.25) is 0 Å². The van der Waals surface area contributed by atoms with Gasteiger partial charge in [0, 0.05) is 6.20 Å². The number of aliphatic carboxylic acids is 1. The van der Waals surface area contributed by atoms with Crippen LogP contribution in [0.4, 0.5) is 17.6 Å². The van der Waals surface area contributed by atoms with E-state index in [4.69, 9.17) is 9.90 Å². The second kappa shape index (κ2) is 8.13. The summed E-state index contributed by atoms with van der Waals surface area (Å²) < 4.78 is 46.6. The monoisotopic (exact) mass is 438 g/mol. The average Bonchev–Trinajstić information content (AvgIpc) is 2.83. The average molecular weight is 438 g/mol. The fourth-order valence-corrected chi connectivity index (χ4v) is 2.95. The Morgan fingerprint density at radius 2 is 1.94 bits per heavy atom. The molecular formula is C19H14F4N4O4. The predicted molar refractivity (Wildman–Crippen MR) is 99.3 cm³/mol. The van der Waals surface area contributed by atoms with E-state index in [1.165, 1.54) is 22.9 Å². The maximum absolute atomic E-state index is 13.6. The Labute approximate surface area is 171 Å². The smallest absolute Gasteiger partial charge is 0.475 e. The molecule has 1 aliphatic heterocycles. The van der Waals surface area contributed by atoms with Crippen LogP contribution in [0.25, 0.3) is 16.7 Å². The first-order chi connectivity index (χ1) is 14.5. The van der Waals surface area contributed by atoms with Crippen LogP contribution >= 0.6 is 0 Å². The van der Waals surface area contributed by atoms with Gasteiger partial charge in [-0.05, 0) is 36.8 Å². The number of pyridine rings is 1. The van der Waals surface area contributed by atoms with Gasteiger partial charge in [0.05, 0.1) is 22.5 Å². The van der Waals surface area contributed by atoms with Gasteiger partial charge in [0.2, 0.25) is 0 Å². The van der Waals surface area contributed by atoms with E-state index in [0.29, 0.717) is 17.8 Å². The molecule has 1 unspecified atom stereocenters. The van der Waals surface area contributed by atoms with E-state index in [1.807, 2.05) is 6.92 Å². The summed E-state index contributed by atoms with van der Waals surface area (Å²) in [5.41, 5.74) is 0.235. The van der Waals surface area contributed by atoms with Gasteiger partial charge in [-0.15, -0.1) is 0 Å². The third-order valence-corrected chi connectivity index (χ3v) is 4.37. The number of carboxylic acids is 1.